The Morgan fingerprint density at radius 1 is 0.480 bits per heavy atom. The molecule has 1 aromatic heterocycles. The fourth-order valence-electron chi connectivity index (χ4n) is 10.3. The monoisotopic (exact) mass is 1380 g/mol. The number of carbonyl (C=O) groups excluding carboxylic acids is 13. The van der Waals surface area contributed by atoms with Gasteiger partial charge in [0.15, 0.2) is 0 Å². The Labute approximate surface area is 567 Å². The van der Waals surface area contributed by atoms with Gasteiger partial charge in [-0.2, -0.15) is 0 Å². The second kappa shape index (κ2) is 41.5. The third kappa shape index (κ3) is 29.0. The predicted octanol–water partition coefficient (Wildman–Crippen LogP) is -3.71. The van der Waals surface area contributed by atoms with Gasteiger partial charge in [-0.05, 0) is 61.3 Å². The first-order valence-corrected chi connectivity index (χ1v) is 32.5. The van der Waals surface area contributed by atoms with E-state index in [1.165, 1.54) is 13.8 Å². The van der Waals surface area contributed by atoms with E-state index < -0.39 is 206 Å². The summed E-state index contributed by atoms with van der Waals surface area (Å²) in [6, 6.07) is -0.169. The van der Waals surface area contributed by atoms with Crippen molar-refractivity contribution in [1.82, 2.24) is 58.2 Å². The van der Waals surface area contributed by atoms with Gasteiger partial charge >= 0.3 is 5.97 Å². The number of hydrogen-bond donors (Lipinski definition) is 19. The molecule has 0 fully saturated rings. The first-order chi connectivity index (χ1) is 46.1. The molecule has 33 nitrogen and oxygen atoms in total. The Morgan fingerprint density at radius 3 is 1.49 bits per heavy atom. The van der Waals surface area contributed by atoms with Crippen LogP contribution in [0.2, 0.25) is 0 Å². The molecule has 13 atom stereocenters. The number of hydrogen-bond acceptors (Lipinski definition) is 18. The second-order valence-corrected chi connectivity index (χ2v) is 25.1. The normalized spacial score (nSPS) is 15.3. The van der Waals surface area contributed by atoms with Gasteiger partial charge < -0.3 is 102 Å². The molecule has 0 saturated carbocycles. The van der Waals surface area contributed by atoms with E-state index >= 15 is 0 Å². The van der Waals surface area contributed by atoms with E-state index in [4.69, 9.17) is 22.9 Å². The molecular weight excluding hydrogens is 1280 g/mol. The highest BCUT2D eigenvalue weighted by Crippen LogP contribution is 2.20. The van der Waals surface area contributed by atoms with Crippen LogP contribution < -0.4 is 76.1 Å². The maximum Gasteiger partial charge on any atom is 0.326 e. The molecule has 13 amide bonds. The van der Waals surface area contributed by atoms with Crippen LogP contribution in [0.3, 0.4) is 0 Å². The summed E-state index contributed by atoms with van der Waals surface area (Å²) >= 11 is 0. The summed E-state index contributed by atoms with van der Waals surface area (Å²) in [4.78, 5) is 192. The first-order valence-electron chi connectivity index (χ1n) is 32.5. The average molecular weight is 1380 g/mol. The number of carboxylic acids is 1. The molecule has 1 heterocycles. The van der Waals surface area contributed by atoms with Crippen molar-refractivity contribution in [2.75, 3.05) is 13.1 Å². The minimum absolute atomic E-state index is 0.142. The SMILES string of the molecule is CC[C@H](C)[C@@H](NC(=O)[C@@H](Cc1c[nH]c2ccccc12)NC(=O)CNC(=O)[C@H](NC(=O)[C@H](C[C@H](O)CCN)NC(=O)[C@@H](CC(N)=O)NC(=O)[C@H](CC(N)=O)NC(=O)[C@@H](Cc1ccccc1)NC(=O)[C@H](NC(=O)[C@@H](CC(N)=O)NC(=O)CC(O)CCCCC(C)C)C(C)C)[C@@H](C)O)C(=O)O. The number of nitrogens with one attached hydrogen (secondary N) is 11. The van der Waals surface area contributed by atoms with Crippen LogP contribution >= 0.6 is 0 Å². The van der Waals surface area contributed by atoms with Crippen molar-refractivity contribution in [2.45, 2.75) is 205 Å². The lowest BCUT2D eigenvalue weighted by atomic mass is 9.98. The highest BCUT2D eigenvalue weighted by molar-refractivity contribution is 6.01. The minimum Gasteiger partial charge on any atom is -0.480 e. The molecule has 33 heteroatoms. The van der Waals surface area contributed by atoms with Crippen molar-refractivity contribution in [2.24, 2.45) is 40.7 Å². The van der Waals surface area contributed by atoms with Crippen molar-refractivity contribution in [1.29, 1.82) is 0 Å². The van der Waals surface area contributed by atoms with Gasteiger partial charge in [0.25, 0.3) is 0 Å². The molecular formula is C65H99N15O18. The van der Waals surface area contributed by atoms with E-state index in [0.29, 0.717) is 47.2 Å². The standard InChI is InChI=1S/C65H99N15O18/c1-8-35(6)55(65(97)98)79-60(92)44(25-38-31-70-42-21-15-14-20-41(38)42)73-53(88)32-71-63(95)56(36(7)81)80-61(93)45(26-40(83)22-23-66)74-58(90)47(29-50(68)85)76-59(91)48(30-51(69)86)75-57(89)43(24-37-17-10-9-11-18-37)77-64(96)54(34(4)5)78-62(94)46(28-49(67)84)72-52(87)27-39(82)19-13-12-16-33(2)3/h9-11,14-15,17-18,20-21,31,33-36,39-40,43-48,54-56,70,81-83H,8,12-13,16,19,22-30,32,66H2,1-7H3,(H2,67,84)(H2,68,85)(H2,69,86)(H,71,95)(H,72,87)(H,73,88)(H,74,90)(H,75,89)(H,76,91)(H,77,96)(H,78,94)(H,79,92)(H,80,93)(H,97,98)/t35-,36+,39?,40+,43+,44+,45-,46+,47+,48-,54+,55+,56+/m0/s1. The van der Waals surface area contributed by atoms with E-state index in [9.17, 15) is 87.5 Å². The van der Waals surface area contributed by atoms with E-state index in [-0.39, 0.29) is 25.8 Å². The number of carboxylic acid groups (broad SMARTS) is 1. The number of aliphatic hydroxyl groups is 3. The maximum atomic E-state index is 14.4. The number of benzene rings is 2. The smallest absolute Gasteiger partial charge is 0.326 e. The summed E-state index contributed by atoms with van der Waals surface area (Å²) < 4.78 is 0. The summed E-state index contributed by atoms with van der Waals surface area (Å²) in [7, 11) is 0. The Kier molecular flexibility index (Phi) is 35.0. The highest BCUT2D eigenvalue weighted by atomic mass is 16.4. The predicted molar refractivity (Wildman–Crippen MR) is 356 cm³/mol. The van der Waals surface area contributed by atoms with Gasteiger partial charge in [-0.3, -0.25) is 62.3 Å². The molecule has 0 aliphatic rings. The molecule has 542 valence electrons. The molecule has 0 radical (unpaired) electrons. The van der Waals surface area contributed by atoms with Crippen LogP contribution in [0.4, 0.5) is 0 Å². The molecule has 0 aliphatic heterocycles. The van der Waals surface area contributed by atoms with Crippen molar-refractivity contribution in [3.8, 4) is 0 Å². The number of aliphatic carboxylic acids is 1. The van der Waals surface area contributed by atoms with Gasteiger partial charge in [-0.25, -0.2) is 4.79 Å². The fourth-order valence-corrected chi connectivity index (χ4v) is 10.3. The number of unbranched alkanes of at least 4 members (excludes halogenated alkanes) is 1. The van der Waals surface area contributed by atoms with Crippen molar-refractivity contribution < 1.29 is 87.5 Å². The zero-order chi connectivity index (χ0) is 73.5. The highest BCUT2D eigenvalue weighted by Gasteiger charge is 2.38. The van der Waals surface area contributed by atoms with Crippen LogP contribution in [0.15, 0.2) is 60.8 Å². The summed E-state index contributed by atoms with van der Waals surface area (Å²) in [5, 5.41) is 66.5. The molecule has 98 heavy (non-hydrogen) atoms. The zero-order valence-corrected chi connectivity index (χ0v) is 56.4. The van der Waals surface area contributed by atoms with E-state index in [1.54, 1.807) is 74.6 Å². The van der Waals surface area contributed by atoms with Crippen LogP contribution in [0.1, 0.15) is 130 Å². The van der Waals surface area contributed by atoms with Gasteiger partial charge in [0.2, 0.25) is 76.8 Å². The van der Waals surface area contributed by atoms with Crippen LogP contribution in [0, 0.1) is 17.8 Å². The number of carbonyl (C=O) groups is 14. The van der Waals surface area contributed by atoms with Gasteiger partial charge in [0.05, 0.1) is 50.5 Å². The summed E-state index contributed by atoms with van der Waals surface area (Å²) in [5.74, 6) is -16.4. The minimum atomic E-state index is -2.04. The maximum absolute atomic E-state index is 14.4. The third-order valence-corrected chi connectivity index (χ3v) is 15.9. The molecule has 23 N–H and O–H groups in total. The van der Waals surface area contributed by atoms with Gasteiger partial charge in [-0.1, -0.05) is 116 Å². The molecule has 0 saturated heterocycles. The van der Waals surface area contributed by atoms with Crippen LogP contribution in [-0.4, -0.2) is 194 Å². The molecule has 0 spiro atoms. The van der Waals surface area contributed by atoms with Gasteiger partial charge in [-0.15, -0.1) is 0 Å². The number of primary amides is 3. The topological polar surface area (TPSA) is 560 Å². The number of para-hydroxylation sites is 1. The third-order valence-electron chi connectivity index (χ3n) is 15.9. The Balaban J connectivity index is 1.87. The lowest BCUT2D eigenvalue weighted by Gasteiger charge is -2.29. The Morgan fingerprint density at radius 2 is 0.949 bits per heavy atom. The quantitative estimate of drug-likeness (QED) is 0.0242. The number of aromatic nitrogens is 1. The summed E-state index contributed by atoms with van der Waals surface area (Å²) in [5.41, 5.74) is 23.8. The number of fused-ring (bicyclic) bond motifs is 1. The van der Waals surface area contributed by atoms with Crippen LogP contribution in [0.25, 0.3) is 10.9 Å². The number of rotatable bonds is 45. The first kappa shape index (κ1) is 82.6. The molecule has 1 unspecified atom stereocenters. The molecule has 2 aromatic carbocycles. The molecule has 3 rings (SSSR count). The lowest BCUT2D eigenvalue weighted by Crippen LogP contribution is -2.62. The number of amides is 13. The fraction of sp³-hybridized carbons (Fsp3) is 0.569. The molecule has 0 aliphatic carbocycles. The number of aromatic amines is 1. The van der Waals surface area contributed by atoms with Crippen LogP contribution in [0.5, 0.6) is 0 Å². The summed E-state index contributed by atoms with van der Waals surface area (Å²) in [6.07, 6.45) is -3.99. The van der Waals surface area contributed by atoms with Crippen molar-refractivity contribution >= 4 is 93.7 Å². The van der Waals surface area contributed by atoms with E-state index in [1.807, 2.05) is 0 Å². The number of nitrogens with two attached hydrogens (primary N) is 4. The van der Waals surface area contributed by atoms with Crippen molar-refractivity contribution in [3.63, 3.8) is 0 Å². The van der Waals surface area contributed by atoms with E-state index in [0.717, 1.165) is 19.8 Å². The lowest BCUT2D eigenvalue weighted by molar-refractivity contribution is -0.143. The molecule has 0 bridgehead atoms. The number of H-pyrrole nitrogens is 1. The number of aliphatic hydroxyl groups excluding tert-OH is 3. The van der Waals surface area contributed by atoms with Gasteiger partial charge in [0.1, 0.15) is 54.4 Å². The Hall–Kier alpha value is -9.60. The van der Waals surface area contributed by atoms with Crippen molar-refractivity contribution in [3.05, 3.63) is 71.9 Å². The van der Waals surface area contributed by atoms with Crippen LogP contribution in [-0.2, 0) is 80.0 Å². The zero-order valence-electron chi connectivity index (χ0n) is 56.4. The average Bonchev–Trinajstić information content (AvgIpc) is 1.47. The largest absolute Gasteiger partial charge is 0.480 e. The molecule has 3 aromatic rings. The second-order valence-electron chi connectivity index (χ2n) is 25.1. The summed E-state index contributed by atoms with van der Waals surface area (Å²) in [6.45, 7) is 10.6. The van der Waals surface area contributed by atoms with E-state index in [2.05, 4.69) is 72.0 Å². The Bertz CT molecular complexity index is 3220. The van der Waals surface area contributed by atoms with Gasteiger partial charge in [0, 0.05) is 36.4 Å².